The number of hydrogen-bond donors (Lipinski definition) is 2. The van der Waals surface area contributed by atoms with E-state index >= 15 is 0 Å². The predicted molar refractivity (Wildman–Crippen MR) is 88.4 cm³/mol. The van der Waals surface area contributed by atoms with Crippen LogP contribution in [0, 0.1) is 13.8 Å². The number of nitrogens with one attached hydrogen (secondary N) is 2. The van der Waals surface area contributed by atoms with Gasteiger partial charge in [-0.1, -0.05) is 0 Å². The van der Waals surface area contributed by atoms with E-state index in [1.807, 2.05) is 0 Å². The van der Waals surface area contributed by atoms with E-state index in [1.165, 1.54) is 21.5 Å². The Hall–Kier alpha value is -3.42. The van der Waals surface area contributed by atoms with Crippen molar-refractivity contribution >= 4 is 0 Å². The molecule has 8 nitrogen and oxygen atoms in total. The molecule has 3 aromatic rings. The summed E-state index contributed by atoms with van der Waals surface area (Å²) in [6.45, 7) is 3.21. The van der Waals surface area contributed by atoms with Crippen molar-refractivity contribution in [2.24, 2.45) is 0 Å². The van der Waals surface area contributed by atoms with Crippen LogP contribution in [0.3, 0.4) is 0 Å². The van der Waals surface area contributed by atoms with Gasteiger partial charge in [0.1, 0.15) is 0 Å². The Bertz CT molecular complexity index is 1050. The lowest BCUT2D eigenvalue weighted by Gasteiger charge is -2.09. The summed E-state index contributed by atoms with van der Waals surface area (Å²) in [5, 5.41) is 0. The third-order valence-corrected chi connectivity index (χ3v) is 3.65. The number of hydrogen-bond acceptors (Lipinski definition) is 4. The monoisotopic (exact) mass is 326 g/mol. The minimum absolute atomic E-state index is 0.408. The van der Waals surface area contributed by atoms with Crippen molar-refractivity contribution in [3.8, 4) is 11.4 Å². The lowest BCUT2D eigenvalue weighted by Crippen LogP contribution is -2.30. The molecule has 24 heavy (non-hydrogen) atoms. The second-order valence-electron chi connectivity index (χ2n) is 5.40. The first-order chi connectivity index (χ1) is 11.4. The van der Waals surface area contributed by atoms with Gasteiger partial charge in [0.15, 0.2) is 0 Å². The van der Waals surface area contributed by atoms with E-state index in [0.717, 1.165) is 0 Å². The zero-order valence-electron chi connectivity index (χ0n) is 13.0. The summed E-state index contributed by atoms with van der Waals surface area (Å²) in [6, 6.07) is 6.56. The van der Waals surface area contributed by atoms with E-state index in [4.69, 9.17) is 0 Å². The first kappa shape index (κ1) is 15.5. The van der Waals surface area contributed by atoms with Crippen molar-refractivity contribution in [3.05, 3.63) is 89.5 Å². The fourth-order valence-electron chi connectivity index (χ4n) is 2.29. The van der Waals surface area contributed by atoms with Gasteiger partial charge in [0.2, 0.25) is 0 Å². The molecule has 2 aromatic heterocycles. The number of aromatic amines is 2. The number of nitrogens with zero attached hydrogens (tertiary/aromatic N) is 2. The molecule has 1 aromatic carbocycles. The maximum Gasteiger partial charge on any atom is 0.332 e. The lowest BCUT2D eigenvalue weighted by atomic mass is 10.2. The number of aryl methyl sites for hydroxylation is 2. The van der Waals surface area contributed by atoms with E-state index in [1.54, 1.807) is 38.1 Å². The predicted octanol–water partition coefficient (Wildman–Crippen LogP) is -0.0182. The van der Waals surface area contributed by atoms with E-state index < -0.39 is 22.5 Å². The minimum Gasteiger partial charge on any atom is -0.273 e. The highest BCUT2D eigenvalue weighted by Crippen LogP contribution is 2.10. The van der Waals surface area contributed by atoms with Crippen LogP contribution in [0.4, 0.5) is 0 Å². The van der Waals surface area contributed by atoms with Gasteiger partial charge in [-0.3, -0.25) is 28.7 Å². The van der Waals surface area contributed by atoms with Crippen LogP contribution < -0.4 is 22.5 Å². The Morgan fingerprint density at radius 2 is 1.00 bits per heavy atom. The maximum absolute atomic E-state index is 11.9. The molecule has 122 valence electrons. The summed E-state index contributed by atoms with van der Waals surface area (Å²) in [5.74, 6) is 0. The van der Waals surface area contributed by atoms with Gasteiger partial charge in [0, 0.05) is 23.5 Å². The van der Waals surface area contributed by atoms with Gasteiger partial charge < -0.3 is 0 Å². The van der Waals surface area contributed by atoms with Crippen molar-refractivity contribution in [1.82, 2.24) is 19.1 Å². The largest absolute Gasteiger partial charge is 0.332 e. The van der Waals surface area contributed by atoms with Crippen LogP contribution in [0.25, 0.3) is 11.4 Å². The first-order valence-electron chi connectivity index (χ1n) is 7.13. The first-order valence-corrected chi connectivity index (χ1v) is 7.13. The van der Waals surface area contributed by atoms with Gasteiger partial charge in [-0.05, 0) is 38.1 Å². The van der Waals surface area contributed by atoms with Crippen LogP contribution in [0.5, 0.6) is 0 Å². The molecular weight excluding hydrogens is 312 g/mol. The molecule has 8 heteroatoms. The van der Waals surface area contributed by atoms with Crippen molar-refractivity contribution < 1.29 is 0 Å². The lowest BCUT2D eigenvalue weighted by molar-refractivity contribution is 0.867. The van der Waals surface area contributed by atoms with Crippen molar-refractivity contribution in [1.29, 1.82) is 0 Å². The second kappa shape index (κ2) is 5.65. The Morgan fingerprint density at radius 3 is 1.33 bits per heavy atom. The second-order valence-corrected chi connectivity index (χ2v) is 5.40. The van der Waals surface area contributed by atoms with Crippen molar-refractivity contribution in [3.63, 3.8) is 0 Å². The normalized spacial score (nSPS) is 10.8. The molecule has 0 aliphatic carbocycles. The molecule has 0 spiro atoms. The van der Waals surface area contributed by atoms with Gasteiger partial charge in [-0.2, -0.15) is 0 Å². The van der Waals surface area contributed by atoms with Crippen LogP contribution in [0.2, 0.25) is 0 Å². The number of rotatable bonds is 2. The Kier molecular flexibility index (Phi) is 3.64. The molecule has 0 radical (unpaired) electrons. The summed E-state index contributed by atoms with van der Waals surface area (Å²) in [7, 11) is 0. The number of aromatic nitrogens is 4. The van der Waals surface area contributed by atoms with E-state index in [2.05, 4.69) is 9.97 Å². The minimum atomic E-state index is -0.546. The molecule has 0 saturated heterocycles. The van der Waals surface area contributed by atoms with Gasteiger partial charge >= 0.3 is 11.4 Å². The van der Waals surface area contributed by atoms with Gasteiger partial charge in [0.25, 0.3) is 11.1 Å². The topological polar surface area (TPSA) is 110 Å². The van der Waals surface area contributed by atoms with E-state index in [-0.39, 0.29) is 0 Å². The molecule has 0 atom stereocenters. The fraction of sp³-hybridized carbons (Fsp3) is 0.125. The van der Waals surface area contributed by atoms with Crippen LogP contribution in [-0.2, 0) is 0 Å². The molecule has 0 aliphatic rings. The molecular formula is C16H14N4O4. The highest BCUT2D eigenvalue weighted by atomic mass is 16.2. The molecule has 3 rings (SSSR count). The quantitative estimate of drug-likeness (QED) is 0.689. The smallest absolute Gasteiger partial charge is 0.273 e. The highest BCUT2D eigenvalue weighted by molar-refractivity contribution is 5.41. The van der Waals surface area contributed by atoms with Crippen molar-refractivity contribution in [2.75, 3.05) is 0 Å². The Labute approximate surface area is 134 Å². The average Bonchev–Trinajstić information content (AvgIpc) is 2.55. The summed E-state index contributed by atoms with van der Waals surface area (Å²) in [5.41, 5.74) is -0.0519. The average molecular weight is 326 g/mol. The van der Waals surface area contributed by atoms with Gasteiger partial charge in [-0.25, -0.2) is 9.59 Å². The number of benzene rings is 1. The SMILES string of the molecule is Cc1cn(-c2ccc(-n3cc(C)c(=O)[nH]c3=O)cc2)c(=O)[nH]c1=O. The van der Waals surface area contributed by atoms with Crippen LogP contribution in [0.1, 0.15) is 11.1 Å². The highest BCUT2D eigenvalue weighted by Gasteiger charge is 2.06. The summed E-state index contributed by atoms with van der Waals surface area (Å²) < 4.78 is 2.61. The summed E-state index contributed by atoms with van der Waals surface area (Å²) in [4.78, 5) is 51.1. The van der Waals surface area contributed by atoms with Crippen LogP contribution >= 0.6 is 0 Å². The third-order valence-electron chi connectivity index (χ3n) is 3.65. The Balaban J connectivity index is 2.10. The molecule has 2 heterocycles. The Morgan fingerprint density at radius 1 is 0.667 bits per heavy atom. The summed E-state index contributed by atoms with van der Waals surface area (Å²) >= 11 is 0. The number of H-pyrrole nitrogens is 2. The molecule has 0 fully saturated rings. The molecule has 0 unspecified atom stereocenters. The molecule has 0 bridgehead atoms. The molecule has 0 aliphatic heterocycles. The standard InChI is InChI=1S/C16H14N4O4/c1-9-7-19(15(23)17-13(9)21)11-3-5-12(6-4-11)20-8-10(2)14(22)18-16(20)24/h3-8H,1-2H3,(H,17,21,23)(H,18,22,24). The third kappa shape index (κ3) is 2.65. The van der Waals surface area contributed by atoms with E-state index in [0.29, 0.717) is 22.5 Å². The zero-order chi connectivity index (χ0) is 17.4. The zero-order valence-corrected chi connectivity index (χ0v) is 13.0. The van der Waals surface area contributed by atoms with Crippen molar-refractivity contribution in [2.45, 2.75) is 13.8 Å². The fourth-order valence-corrected chi connectivity index (χ4v) is 2.29. The molecule has 2 N–H and O–H groups in total. The molecule has 0 amide bonds. The van der Waals surface area contributed by atoms with Crippen LogP contribution in [0.15, 0.2) is 55.8 Å². The van der Waals surface area contributed by atoms with Crippen LogP contribution in [-0.4, -0.2) is 19.1 Å². The van der Waals surface area contributed by atoms with E-state index in [9.17, 15) is 19.2 Å². The van der Waals surface area contributed by atoms with Gasteiger partial charge in [0.05, 0.1) is 11.4 Å². The summed E-state index contributed by atoms with van der Waals surface area (Å²) in [6.07, 6.45) is 2.90. The van der Waals surface area contributed by atoms with Gasteiger partial charge in [-0.15, -0.1) is 0 Å². The molecule has 0 saturated carbocycles. The maximum atomic E-state index is 11.9.